The summed E-state index contributed by atoms with van der Waals surface area (Å²) < 4.78 is 5.54. The summed E-state index contributed by atoms with van der Waals surface area (Å²) in [5.41, 5.74) is 2.36. The normalized spacial score (nSPS) is 18.5. The second kappa shape index (κ2) is 9.20. The molecule has 2 aliphatic rings. The Morgan fingerprint density at radius 1 is 1.22 bits per heavy atom. The molecule has 0 spiro atoms. The quantitative estimate of drug-likeness (QED) is 0.661. The van der Waals surface area contributed by atoms with Crippen LogP contribution in [0.2, 0.25) is 0 Å². The maximum absolute atomic E-state index is 13.2. The van der Waals surface area contributed by atoms with Crippen molar-refractivity contribution < 1.29 is 19.4 Å². The van der Waals surface area contributed by atoms with E-state index in [9.17, 15) is 14.7 Å². The molecule has 1 N–H and O–H groups in total. The van der Waals surface area contributed by atoms with Crippen LogP contribution in [-0.4, -0.2) is 41.2 Å². The molecule has 2 heterocycles. The number of aliphatic imine (C=N–C) groups is 1. The fraction of sp³-hybridized carbons (Fsp3) is 0.320. The number of aliphatic hydroxyl groups excluding tert-OH is 1. The van der Waals surface area contributed by atoms with Gasteiger partial charge in [0.1, 0.15) is 5.75 Å². The number of para-hydroxylation sites is 1. The van der Waals surface area contributed by atoms with E-state index < -0.39 is 17.7 Å². The number of carbonyl (C=O) groups is 2. The molecule has 0 saturated heterocycles. The highest BCUT2D eigenvalue weighted by Gasteiger charge is 2.45. The van der Waals surface area contributed by atoms with Crippen LogP contribution in [0.15, 0.2) is 64.9 Å². The smallest absolute Gasteiger partial charge is 0.294 e. The van der Waals surface area contributed by atoms with Crippen molar-refractivity contribution in [3.63, 3.8) is 0 Å². The van der Waals surface area contributed by atoms with E-state index in [1.165, 1.54) is 4.90 Å². The summed E-state index contributed by atoms with van der Waals surface area (Å²) in [7, 11) is 1.55. The van der Waals surface area contributed by atoms with Crippen LogP contribution in [0.5, 0.6) is 5.75 Å². The van der Waals surface area contributed by atoms with Crippen molar-refractivity contribution in [2.75, 3.05) is 24.3 Å². The average molecular weight is 451 g/mol. The number of rotatable bonds is 7. The van der Waals surface area contributed by atoms with Gasteiger partial charge < -0.3 is 9.84 Å². The summed E-state index contributed by atoms with van der Waals surface area (Å²) in [5.74, 6) is 0.288. The minimum absolute atomic E-state index is 0.0919. The Kier molecular flexibility index (Phi) is 6.37. The molecule has 1 unspecified atom stereocenters. The van der Waals surface area contributed by atoms with E-state index >= 15 is 0 Å². The molecule has 2 aromatic carbocycles. The molecule has 2 aliphatic heterocycles. The van der Waals surface area contributed by atoms with Crippen molar-refractivity contribution in [1.29, 1.82) is 0 Å². The number of methoxy groups -OCH3 is 1. The third-order valence-electron chi connectivity index (χ3n) is 5.51. The van der Waals surface area contributed by atoms with Gasteiger partial charge in [0.05, 0.1) is 23.8 Å². The molecular weight excluding hydrogens is 424 g/mol. The molecule has 2 aromatic rings. The first-order valence-electron chi connectivity index (χ1n) is 10.6. The Balaban J connectivity index is 1.80. The molecule has 6 nitrogen and oxygen atoms in total. The highest BCUT2D eigenvalue weighted by molar-refractivity contribution is 8.14. The number of amides is 1. The van der Waals surface area contributed by atoms with E-state index in [2.05, 4.69) is 4.99 Å². The maximum atomic E-state index is 13.2. The molecule has 0 saturated carbocycles. The van der Waals surface area contributed by atoms with Gasteiger partial charge in [-0.15, -0.1) is 11.8 Å². The van der Waals surface area contributed by atoms with Crippen LogP contribution >= 0.6 is 11.8 Å². The van der Waals surface area contributed by atoms with Gasteiger partial charge in [0, 0.05) is 35.5 Å². The number of hydrogen-bond donors (Lipinski definition) is 1. The van der Waals surface area contributed by atoms with Gasteiger partial charge in [0.25, 0.3) is 5.91 Å². The third kappa shape index (κ3) is 4.05. The molecule has 0 aromatic heterocycles. The molecule has 7 heteroatoms. The molecule has 32 heavy (non-hydrogen) atoms. The van der Waals surface area contributed by atoms with Crippen molar-refractivity contribution in [2.24, 2.45) is 10.9 Å². The van der Waals surface area contributed by atoms with E-state index in [1.807, 2.05) is 56.3 Å². The van der Waals surface area contributed by atoms with Gasteiger partial charge in [-0.2, -0.15) is 0 Å². The lowest BCUT2D eigenvalue weighted by atomic mass is 9.91. The van der Waals surface area contributed by atoms with Gasteiger partial charge >= 0.3 is 0 Å². The van der Waals surface area contributed by atoms with Gasteiger partial charge in [0.2, 0.25) is 0 Å². The van der Waals surface area contributed by atoms with Crippen molar-refractivity contribution in [3.05, 3.63) is 71.0 Å². The number of nitrogens with zero attached hydrogens (tertiary/aromatic N) is 2. The summed E-state index contributed by atoms with van der Waals surface area (Å²) in [6.45, 7) is 4.68. The van der Waals surface area contributed by atoms with Gasteiger partial charge in [-0.05, 0) is 24.1 Å². The van der Waals surface area contributed by atoms with Gasteiger partial charge in [0.15, 0.2) is 11.5 Å². The number of ketones is 1. The first-order valence-corrected chi connectivity index (χ1v) is 11.6. The molecule has 0 fully saturated rings. The number of hydrogen-bond acceptors (Lipinski definition) is 6. The van der Waals surface area contributed by atoms with Gasteiger partial charge in [-0.25, -0.2) is 0 Å². The number of aliphatic hydroxyl groups is 1. The predicted molar refractivity (Wildman–Crippen MR) is 128 cm³/mol. The number of thioether (sulfide) groups is 1. The summed E-state index contributed by atoms with van der Waals surface area (Å²) in [4.78, 5) is 32.4. The van der Waals surface area contributed by atoms with Gasteiger partial charge in [-0.3, -0.25) is 19.5 Å². The first kappa shape index (κ1) is 22.1. The molecule has 1 amide bonds. The molecule has 166 valence electrons. The molecule has 1 atom stereocenters. The Hall–Kier alpha value is -3.06. The minimum Gasteiger partial charge on any atom is -0.503 e. The fourth-order valence-corrected chi connectivity index (χ4v) is 4.96. The second-order valence-corrected chi connectivity index (χ2v) is 9.27. The molecular formula is C25H26N2O4S. The van der Waals surface area contributed by atoms with Crippen LogP contribution in [0, 0.1) is 5.92 Å². The summed E-state index contributed by atoms with van der Waals surface area (Å²) >= 11 is 1.71. The van der Waals surface area contributed by atoms with Crippen molar-refractivity contribution in [2.45, 2.75) is 26.3 Å². The zero-order valence-electron chi connectivity index (χ0n) is 18.4. The summed E-state index contributed by atoms with van der Waals surface area (Å²) in [6.07, 6.45) is 0.238. The van der Waals surface area contributed by atoms with E-state index in [1.54, 1.807) is 24.9 Å². The van der Waals surface area contributed by atoms with Crippen LogP contribution in [-0.2, 0) is 9.59 Å². The molecule has 0 radical (unpaired) electrons. The predicted octanol–water partition coefficient (Wildman–Crippen LogP) is 4.70. The summed E-state index contributed by atoms with van der Waals surface area (Å²) in [5, 5.41) is 11.8. The zero-order valence-corrected chi connectivity index (χ0v) is 19.2. The third-order valence-corrected chi connectivity index (χ3v) is 6.54. The van der Waals surface area contributed by atoms with Crippen molar-refractivity contribution >= 4 is 34.2 Å². The highest BCUT2D eigenvalue weighted by atomic mass is 32.2. The first-order chi connectivity index (χ1) is 15.4. The van der Waals surface area contributed by atoms with E-state index in [0.29, 0.717) is 17.0 Å². The average Bonchev–Trinajstić information content (AvgIpc) is 3.41. The van der Waals surface area contributed by atoms with Crippen LogP contribution in [0.25, 0.3) is 0 Å². The lowest BCUT2D eigenvalue weighted by Crippen LogP contribution is -2.31. The Morgan fingerprint density at radius 2 is 1.94 bits per heavy atom. The summed E-state index contributed by atoms with van der Waals surface area (Å²) in [6, 6.07) is 14.0. The van der Waals surface area contributed by atoms with Gasteiger partial charge in [-0.1, -0.05) is 44.2 Å². The standard InChI is InChI=1S/C25H26N2O4S/c1-15(2)14-19(28)21-22(18-6-4-5-7-20(18)31-3)27(25(30)23(21)29)17-10-8-16(9-11-17)24-26-12-13-32-24/h4-11,15,22,29H,12-14H2,1-3H3. The largest absolute Gasteiger partial charge is 0.503 e. The highest BCUT2D eigenvalue weighted by Crippen LogP contribution is 2.44. The number of carbonyl (C=O) groups excluding carboxylic acids is 2. The van der Waals surface area contributed by atoms with E-state index in [-0.39, 0.29) is 23.7 Å². The van der Waals surface area contributed by atoms with Crippen molar-refractivity contribution in [1.82, 2.24) is 0 Å². The SMILES string of the molecule is COc1ccccc1C1C(C(=O)CC(C)C)=C(O)C(=O)N1c1ccc(C2=NCCS2)cc1. The van der Waals surface area contributed by atoms with E-state index in [0.717, 1.165) is 22.9 Å². The van der Waals surface area contributed by atoms with Crippen LogP contribution < -0.4 is 9.64 Å². The number of ether oxygens (including phenoxy) is 1. The van der Waals surface area contributed by atoms with Crippen LogP contribution in [0.3, 0.4) is 0 Å². The minimum atomic E-state index is -0.769. The second-order valence-electron chi connectivity index (χ2n) is 8.19. The lowest BCUT2D eigenvalue weighted by Gasteiger charge is -2.28. The van der Waals surface area contributed by atoms with Crippen molar-refractivity contribution in [3.8, 4) is 5.75 Å². The number of anilines is 1. The topological polar surface area (TPSA) is 79.2 Å². The molecule has 4 rings (SSSR count). The lowest BCUT2D eigenvalue weighted by molar-refractivity contribution is -0.118. The molecule has 0 bridgehead atoms. The Labute approximate surface area is 192 Å². The van der Waals surface area contributed by atoms with Crippen LogP contribution in [0.4, 0.5) is 5.69 Å². The molecule has 0 aliphatic carbocycles. The fourth-order valence-electron chi connectivity index (χ4n) is 4.10. The monoisotopic (exact) mass is 450 g/mol. The van der Waals surface area contributed by atoms with Crippen LogP contribution in [0.1, 0.15) is 37.4 Å². The van der Waals surface area contributed by atoms with E-state index in [4.69, 9.17) is 4.74 Å². The Bertz CT molecular complexity index is 1110. The Morgan fingerprint density at radius 3 is 2.56 bits per heavy atom. The number of Topliss-reactive ketones (excluding diaryl/α,β-unsaturated/α-hetero) is 1. The maximum Gasteiger partial charge on any atom is 0.294 e. The number of benzene rings is 2. The zero-order chi connectivity index (χ0) is 22.8.